The van der Waals surface area contributed by atoms with Crippen molar-refractivity contribution in [1.82, 2.24) is 30.5 Å². The Bertz CT molecular complexity index is 1520. The van der Waals surface area contributed by atoms with Gasteiger partial charge in [0.05, 0.1) is 17.3 Å². The van der Waals surface area contributed by atoms with Crippen molar-refractivity contribution in [2.75, 3.05) is 18.8 Å². The van der Waals surface area contributed by atoms with Gasteiger partial charge in [-0.1, -0.05) is 73.6 Å². The number of hydrogen-bond donors (Lipinski definition) is 4. The first-order valence-electron chi connectivity index (χ1n) is 19.9. The van der Waals surface area contributed by atoms with Gasteiger partial charge >= 0.3 is 6.03 Å². The van der Waals surface area contributed by atoms with Gasteiger partial charge in [0, 0.05) is 25.2 Å². The fourth-order valence-corrected chi connectivity index (χ4v) is 11.3. The van der Waals surface area contributed by atoms with Crippen molar-refractivity contribution < 1.29 is 32.4 Å². The summed E-state index contributed by atoms with van der Waals surface area (Å²) in [4.78, 5) is 70.4. The first kappa shape index (κ1) is 39.0. The second-order valence-electron chi connectivity index (χ2n) is 18.5. The molecule has 6 rings (SSSR count). The van der Waals surface area contributed by atoms with Crippen LogP contribution in [0.2, 0.25) is 0 Å². The molecule has 13 nitrogen and oxygen atoms in total. The molecule has 4 N–H and O–H groups in total. The number of rotatable bonds is 16. The van der Waals surface area contributed by atoms with E-state index in [2.05, 4.69) is 35.1 Å². The lowest BCUT2D eigenvalue weighted by atomic mass is 9.83. The van der Waals surface area contributed by atoms with E-state index in [9.17, 15) is 32.4 Å². The van der Waals surface area contributed by atoms with Gasteiger partial charge in [-0.15, -0.1) is 0 Å². The van der Waals surface area contributed by atoms with Crippen LogP contribution in [-0.2, 0) is 29.2 Å². The molecule has 1 saturated heterocycles. The average Bonchev–Trinajstić information content (AvgIpc) is 3.86. The zero-order valence-corrected chi connectivity index (χ0v) is 32.9. The molecule has 0 radical (unpaired) electrons. The van der Waals surface area contributed by atoms with Crippen molar-refractivity contribution in [1.29, 1.82) is 0 Å². The maximum atomic E-state index is 14.6. The van der Waals surface area contributed by atoms with Crippen LogP contribution in [0.5, 0.6) is 0 Å². The molecule has 0 bridgehead atoms. The Morgan fingerprint density at radius 2 is 1.58 bits per heavy atom. The molecule has 1 aliphatic heterocycles. The van der Waals surface area contributed by atoms with Crippen LogP contribution in [0.1, 0.15) is 125 Å². The van der Waals surface area contributed by atoms with E-state index >= 15 is 0 Å². The van der Waals surface area contributed by atoms with Crippen LogP contribution in [-0.4, -0.2) is 102 Å². The highest BCUT2D eigenvalue weighted by atomic mass is 32.2. The Morgan fingerprint density at radius 3 is 2.13 bits per heavy atom. The molecular formula is C38H62N6O7S. The summed E-state index contributed by atoms with van der Waals surface area (Å²) in [6.45, 7) is 12.3. The third-order valence-electron chi connectivity index (χ3n) is 12.7. The van der Waals surface area contributed by atoms with Gasteiger partial charge in [-0.25, -0.2) is 13.2 Å². The molecule has 0 aromatic carbocycles. The van der Waals surface area contributed by atoms with Gasteiger partial charge in [0.1, 0.15) is 12.1 Å². The number of amides is 5. The number of urea groups is 1. The van der Waals surface area contributed by atoms with E-state index in [1.54, 1.807) is 9.21 Å². The summed E-state index contributed by atoms with van der Waals surface area (Å²) in [5.74, 6) is -1.90. The lowest BCUT2D eigenvalue weighted by Gasteiger charge is -2.41. The molecule has 14 heteroatoms. The summed E-state index contributed by atoms with van der Waals surface area (Å²) < 4.78 is 28.9. The molecule has 0 unspecified atom stereocenters. The number of carbonyl (C=O) groups excluding carboxylic acids is 5. The predicted molar refractivity (Wildman–Crippen MR) is 196 cm³/mol. The number of ketones is 1. The van der Waals surface area contributed by atoms with E-state index in [-0.39, 0.29) is 35.1 Å². The topological polar surface area (TPSA) is 174 Å². The highest BCUT2D eigenvalue weighted by Gasteiger charge is 2.70. The largest absolute Gasteiger partial charge is 0.347 e. The van der Waals surface area contributed by atoms with E-state index < -0.39 is 68.6 Å². The van der Waals surface area contributed by atoms with Crippen molar-refractivity contribution in [2.24, 2.45) is 28.6 Å². The van der Waals surface area contributed by atoms with E-state index in [4.69, 9.17) is 0 Å². The Balaban J connectivity index is 1.18. The number of hydrogen-bond acceptors (Lipinski definition) is 7. The lowest BCUT2D eigenvalue weighted by Crippen LogP contribution is -2.64. The SMILES string of the molecule is CCN(C1CC1)S(=O)(=O)CC1(NC(=O)N[C@H](C(=O)N2C[C@H]3[C@@H]([C@H]2C(=O)N[C@@H](CCC2CC2)C(=O)C(=O)NC2CC2)C3(C)C)C(C)(C)C)CCCCC1. The third-order valence-corrected chi connectivity index (χ3v) is 14.9. The van der Waals surface area contributed by atoms with Crippen LogP contribution >= 0.6 is 0 Å². The van der Waals surface area contributed by atoms with Crippen LogP contribution in [0.15, 0.2) is 0 Å². The maximum Gasteiger partial charge on any atom is 0.315 e. The van der Waals surface area contributed by atoms with Crippen LogP contribution in [0, 0.1) is 28.6 Å². The molecule has 292 valence electrons. The normalized spacial score (nSPS) is 27.6. The summed E-state index contributed by atoms with van der Waals surface area (Å²) in [5, 5.41) is 11.7. The standard InChI is InChI=1S/C38H62N6O7S/c1-7-44(25-16-17-25)52(50,51)22-38(19-9-8-10-20-38)42-35(49)41-31(36(2,3)4)34(48)43-21-26-28(37(26,5)6)29(43)32(46)40-27(18-13-23-11-12-23)30(45)33(47)39-24-14-15-24/h23-29,31H,7-22H2,1-6H3,(H,39,47)(H,40,46)(H2,41,42,49)/t26-,27-,28-,29-,31+/m0/s1. The van der Waals surface area contributed by atoms with Gasteiger partial charge in [-0.3, -0.25) is 19.2 Å². The first-order chi connectivity index (χ1) is 24.4. The summed E-state index contributed by atoms with van der Waals surface area (Å²) in [5.41, 5.74) is -1.90. The molecular weight excluding hydrogens is 685 g/mol. The van der Waals surface area contributed by atoms with Gasteiger partial charge < -0.3 is 26.2 Å². The van der Waals surface area contributed by atoms with Crippen LogP contribution < -0.4 is 21.3 Å². The Morgan fingerprint density at radius 1 is 0.923 bits per heavy atom. The molecule has 0 spiro atoms. The molecule has 5 saturated carbocycles. The van der Waals surface area contributed by atoms with Crippen LogP contribution in [0.3, 0.4) is 0 Å². The van der Waals surface area contributed by atoms with Gasteiger partial charge in [0.15, 0.2) is 0 Å². The number of sulfonamides is 1. The molecule has 52 heavy (non-hydrogen) atoms. The molecule has 5 atom stereocenters. The molecule has 6 aliphatic rings. The van der Waals surface area contributed by atoms with Gasteiger partial charge in [0.2, 0.25) is 27.6 Å². The van der Waals surface area contributed by atoms with Crippen molar-refractivity contribution in [3.8, 4) is 0 Å². The minimum absolute atomic E-state index is 0.0115. The van der Waals surface area contributed by atoms with E-state index in [1.165, 1.54) is 0 Å². The maximum absolute atomic E-state index is 14.6. The number of Topliss-reactive ketones (excluding diaryl/α,β-unsaturated/α-hetero) is 1. The van der Waals surface area contributed by atoms with Gasteiger partial charge in [0.25, 0.3) is 5.91 Å². The quantitative estimate of drug-likeness (QED) is 0.176. The van der Waals surface area contributed by atoms with Crippen LogP contribution in [0.4, 0.5) is 4.79 Å². The summed E-state index contributed by atoms with van der Waals surface area (Å²) in [6.07, 6.45) is 10.3. The highest BCUT2D eigenvalue weighted by Crippen LogP contribution is 2.65. The molecule has 1 heterocycles. The third kappa shape index (κ3) is 8.63. The molecule has 5 amide bonds. The summed E-state index contributed by atoms with van der Waals surface area (Å²) >= 11 is 0. The van der Waals surface area contributed by atoms with Crippen molar-refractivity contribution in [3.05, 3.63) is 0 Å². The molecule has 6 fully saturated rings. The predicted octanol–water partition coefficient (Wildman–Crippen LogP) is 3.22. The first-order valence-corrected chi connectivity index (χ1v) is 21.5. The number of nitrogens with zero attached hydrogens (tertiary/aromatic N) is 2. The minimum atomic E-state index is -3.64. The number of nitrogens with one attached hydrogen (secondary N) is 4. The number of piperidine rings is 1. The second-order valence-corrected chi connectivity index (χ2v) is 20.4. The Labute approximate surface area is 309 Å². The zero-order chi connectivity index (χ0) is 37.8. The molecule has 5 aliphatic carbocycles. The van der Waals surface area contributed by atoms with Crippen LogP contribution in [0.25, 0.3) is 0 Å². The van der Waals surface area contributed by atoms with E-state index in [0.717, 1.165) is 64.2 Å². The van der Waals surface area contributed by atoms with E-state index in [1.807, 2.05) is 27.7 Å². The number of carbonyl (C=O) groups is 5. The van der Waals surface area contributed by atoms with E-state index in [0.29, 0.717) is 38.3 Å². The molecule has 0 aromatic heterocycles. The van der Waals surface area contributed by atoms with Gasteiger partial charge in [-0.05, 0) is 80.0 Å². The number of fused-ring (bicyclic) bond motifs is 1. The average molecular weight is 747 g/mol. The summed E-state index contributed by atoms with van der Waals surface area (Å²) in [7, 11) is -3.64. The fourth-order valence-electron chi connectivity index (χ4n) is 9.02. The number of likely N-dealkylation sites (tertiary alicyclic amines) is 1. The van der Waals surface area contributed by atoms with Crippen molar-refractivity contribution >= 4 is 39.6 Å². The summed E-state index contributed by atoms with van der Waals surface area (Å²) in [6, 6.07) is -3.41. The lowest BCUT2D eigenvalue weighted by molar-refractivity contribution is -0.145. The zero-order valence-electron chi connectivity index (χ0n) is 32.1. The van der Waals surface area contributed by atoms with Gasteiger partial charge in [-0.2, -0.15) is 4.31 Å². The second kappa shape index (κ2) is 14.5. The van der Waals surface area contributed by atoms with Crippen molar-refractivity contribution in [3.63, 3.8) is 0 Å². The monoisotopic (exact) mass is 746 g/mol. The highest BCUT2D eigenvalue weighted by molar-refractivity contribution is 7.89. The molecule has 0 aromatic rings. The van der Waals surface area contributed by atoms with Crippen molar-refractivity contribution in [2.45, 2.75) is 161 Å². The minimum Gasteiger partial charge on any atom is -0.347 e. The smallest absolute Gasteiger partial charge is 0.315 e. The Hall–Kier alpha value is -2.74. The Kier molecular flexibility index (Phi) is 10.9. The fraction of sp³-hybridized carbons (Fsp3) is 0.868.